The SMILES string of the molecule is CCc1nc2c(s1)[C@H](NC[C@@H]1COC3(CCOCC3)O1)CCC2. The van der Waals surface area contributed by atoms with Crippen molar-refractivity contribution in [2.45, 2.75) is 63.4 Å². The number of aryl methyl sites for hydroxylation is 2. The summed E-state index contributed by atoms with van der Waals surface area (Å²) in [7, 11) is 0. The van der Waals surface area contributed by atoms with Crippen LogP contribution in [0, 0.1) is 0 Å². The van der Waals surface area contributed by atoms with E-state index < -0.39 is 0 Å². The van der Waals surface area contributed by atoms with E-state index in [9.17, 15) is 0 Å². The number of nitrogens with one attached hydrogen (secondary N) is 1. The molecule has 3 aliphatic rings. The molecule has 1 aliphatic carbocycles. The zero-order valence-electron chi connectivity index (χ0n) is 13.8. The highest BCUT2D eigenvalue weighted by molar-refractivity contribution is 7.11. The Morgan fingerprint density at radius 1 is 1.35 bits per heavy atom. The van der Waals surface area contributed by atoms with E-state index in [0.717, 1.165) is 45.4 Å². The molecule has 3 heterocycles. The zero-order valence-corrected chi connectivity index (χ0v) is 14.6. The number of nitrogens with zero attached hydrogens (tertiary/aromatic N) is 1. The van der Waals surface area contributed by atoms with Crippen LogP contribution in [0.2, 0.25) is 0 Å². The molecule has 5 nitrogen and oxygen atoms in total. The van der Waals surface area contributed by atoms with Gasteiger partial charge in [0.15, 0.2) is 5.79 Å². The van der Waals surface area contributed by atoms with Crippen molar-refractivity contribution in [1.82, 2.24) is 10.3 Å². The topological polar surface area (TPSA) is 52.6 Å². The molecular weight excluding hydrogens is 312 g/mol. The fraction of sp³-hybridized carbons (Fsp3) is 0.824. The maximum atomic E-state index is 6.22. The summed E-state index contributed by atoms with van der Waals surface area (Å²) in [4.78, 5) is 6.23. The molecule has 6 heteroatoms. The summed E-state index contributed by atoms with van der Waals surface area (Å²) in [5.41, 5.74) is 1.32. The van der Waals surface area contributed by atoms with Gasteiger partial charge < -0.3 is 19.5 Å². The Morgan fingerprint density at radius 3 is 3.04 bits per heavy atom. The summed E-state index contributed by atoms with van der Waals surface area (Å²) < 4.78 is 17.6. The van der Waals surface area contributed by atoms with Crippen LogP contribution >= 0.6 is 11.3 Å². The van der Waals surface area contributed by atoms with Crippen molar-refractivity contribution in [2.24, 2.45) is 0 Å². The molecule has 2 fully saturated rings. The molecule has 23 heavy (non-hydrogen) atoms. The van der Waals surface area contributed by atoms with Gasteiger partial charge in [0.1, 0.15) is 0 Å². The summed E-state index contributed by atoms with van der Waals surface area (Å²) in [5.74, 6) is -0.373. The van der Waals surface area contributed by atoms with Crippen LogP contribution in [0.5, 0.6) is 0 Å². The quantitative estimate of drug-likeness (QED) is 0.914. The number of rotatable bonds is 4. The Bertz CT molecular complexity index is 542. The van der Waals surface area contributed by atoms with Gasteiger partial charge in [-0.3, -0.25) is 0 Å². The van der Waals surface area contributed by atoms with Crippen LogP contribution in [0.15, 0.2) is 0 Å². The monoisotopic (exact) mass is 338 g/mol. The molecule has 2 saturated heterocycles. The van der Waals surface area contributed by atoms with E-state index in [1.54, 1.807) is 0 Å². The Balaban J connectivity index is 1.34. The highest BCUT2D eigenvalue weighted by atomic mass is 32.1. The third kappa shape index (κ3) is 3.33. The number of aromatic nitrogens is 1. The first-order valence-corrected chi connectivity index (χ1v) is 9.71. The van der Waals surface area contributed by atoms with Gasteiger partial charge >= 0.3 is 0 Å². The minimum absolute atomic E-state index is 0.150. The van der Waals surface area contributed by atoms with E-state index in [1.165, 1.54) is 28.4 Å². The van der Waals surface area contributed by atoms with Crippen LogP contribution < -0.4 is 5.32 Å². The summed E-state index contributed by atoms with van der Waals surface area (Å²) >= 11 is 1.89. The molecule has 1 aromatic heterocycles. The van der Waals surface area contributed by atoms with Crippen molar-refractivity contribution < 1.29 is 14.2 Å². The van der Waals surface area contributed by atoms with Crippen LogP contribution in [-0.4, -0.2) is 43.2 Å². The summed E-state index contributed by atoms with van der Waals surface area (Å²) in [6.07, 6.45) is 6.45. The molecule has 0 radical (unpaired) electrons. The lowest BCUT2D eigenvalue weighted by Gasteiger charge is -2.32. The molecular formula is C17H26N2O3S. The van der Waals surface area contributed by atoms with Crippen LogP contribution in [0.3, 0.4) is 0 Å². The van der Waals surface area contributed by atoms with Crippen LogP contribution in [-0.2, 0) is 27.1 Å². The van der Waals surface area contributed by atoms with Crippen molar-refractivity contribution >= 4 is 11.3 Å². The Hall–Kier alpha value is -0.530. The lowest BCUT2D eigenvalue weighted by molar-refractivity contribution is -0.210. The van der Waals surface area contributed by atoms with Gasteiger partial charge in [-0.25, -0.2) is 4.98 Å². The molecule has 2 atom stereocenters. The van der Waals surface area contributed by atoms with Gasteiger partial charge in [-0.05, 0) is 25.7 Å². The number of fused-ring (bicyclic) bond motifs is 1. The lowest BCUT2D eigenvalue weighted by atomic mass is 9.98. The third-order valence-corrected chi connectivity index (χ3v) is 6.41. The molecule has 0 amide bonds. The second kappa shape index (κ2) is 6.76. The average Bonchev–Trinajstić information content (AvgIpc) is 3.18. The zero-order chi connectivity index (χ0) is 15.7. The first-order valence-electron chi connectivity index (χ1n) is 8.89. The molecule has 2 aliphatic heterocycles. The summed E-state index contributed by atoms with van der Waals surface area (Å²) in [5, 5.41) is 4.98. The number of hydrogen-bond donors (Lipinski definition) is 1. The molecule has 1 spiro atoms. The predicted octanol–water partition coefficient (Wildman–Crippen LogP) is 2.59. The predicted molar refractivity (Wildman–Crippen MR) is 88.8 cm³/mol. The second-order valence-corrected chi connectivity index (χ2v) is 7.81. The molecule has 0 aromatic carbocycles. The average molecular weight is 338 g/mol. The largest absolute Gasteiger partial charge is 0.381 e. The van der Waals surface area contributed by atoms with Crippen molar-refractivity contribution in [3.8, 4) is 0 Å². The maximum absolute atomic E-state index is 6.22. The molecule has 1 aromatic rings. The fourth-order valence-corrected chi connectivity index (χ4v) is 4.91. The Labute approximate surface area is 141 Å². The van der Waals surface area contributed by atoms with E-state index in [2.05, 4.69) is 12.2 Å². The highest BCUT2D eigenvalue weighted by Crippen LogP contribution is 2.36. The molecule has 0 saturated carbocycles. The van der Waals surface area contributed by atoms with Gasteiger partial charge in [-0.15, -0.1) is 11.3 Å². The second-order valence-electron chi connectivity index (χ2n) is 6.70. The van der Waals surface area contributed by atoms with E-state index >= 15 is 0 Å². The Morgan fingerprint density at radius 2 is 2.22 bits per heavy atom. The molecule has 1 N–H and O–H groups in total. The first-order chi connectivity index (χ1) is 11.3. The van der Waals surface area contributed by atoms with Gasteiger partial charge in [0.2, 0.25) is 0 Å². The van der Waals surface area contributed by atoms with Crippen LogP contribution in [0.4, 0.5) is 0 Å². The third-order valence-electron chi connectivity index (χ3n) is 5.06. The van der Waals surface area contributed by atoms with E-state index in [-0.39, 0.29) is 11.9 Å². The molecule has 0 unspecified atom stereocenters. The van der Waals surface area contributed by atoms with Crippen molar-refractivity contribution in [3.63, 3.8) is 0 Å². The minimum Gasteiger partial charge on any atom is -0.381 e. The summed E-state index contributed by atoms with van der Waals surface area (Å²) in [6.45, 7) is 5.21. The number of hydrogen-bond acceptors (Lipinski definition) is 6. The maximum Gasteiger partial charge on any atom is 0.173 e. The van der Waals surface area contributed by atoms with Gasteiger partial charge in [0, 0.05) is 30.3 Å². The molecule has 4 rings (SSSR count). The van der Waals surface area contributed by atoms with E-state index in [1.807, 2.05) is 11.3 Å². The van der Waals surface area contributed by atoms with Gasteiger partial charge in [0.25, 0.3) is 0 Å². The fourth-order valence-electron chi connectivity index (χ4n) is 3.75. The van der Waals surface area contributed by atoms with Gasteiger partial charge in [-0.1, -0.05) is 6.92 Å². The normalized spacial score (nSPS) is 29.8. The van der Waals surface area contributed by atoms with Crippen molar-refractivity contribution in [1.29, 1.82) is 0 Å². The van der Waals surface area contributed by atoms with Crippen molar-refractivity contribution in [2.75, 3.05) is 26.4 Å². The van der Waals surface area contributed by atoms with Crippen LogP contribution in [0.25, 0.3) is 0 Å². The standard InChI is InChI=1S/C17H26N2O3S/c1-2-15-19-14-5-3-4-13(16(14)23-15)18-10-12-11-21-17(22-12)6-8-20-9-7-17/h12-13,18H,2-11H2,1H3/t12-,13-/m1/s1. The smallest absolute Gasteiger partial charge is 0.173 e. The summed E-state index contributed by atoms with van der Waals surface area (Å²) in [6, 6.07) is 0.436. The van der Waals surface area contributed by atoms with Gasteiger partial charge in [-0.2, -0.15) is 0 Å². The molecule has 0 bridgehead atoms. The number of ether oxygens (including phenoxy) is 3. The van der Waals surface area contributed by atoms with Crippen LogP contribution in [0.1, 0.15) is 54.2 Å². The Kier molecular flexibility index (Phi) is 4.70. The highest BCUT2D eigenvalue weighted by Gasteiger charge is 2.42. The van der Waals surface area contributed by atoms with E-state index in [0.29, 0.717) is 12.6 Å². The van der Waals surface area contributed by atoms with Gasteiger partial charge in [0.05, 0.1) is 36.6 Å². The number of thiazole rings is 1. The minimum atomic E-state index is -0.373. The molecule has 128 valence electrons. The first kappa shape index (κ1) is 16.0. The van der Waals surface area contributed by atoms with Crippen molar-refractivity contribution in [3.05, 3.63) is 15.6 Å². The lowest BCUT2D eigenvalue weighted by Crippen LogP contribution is -2.39. The van der Waals surface area contributed by atoms with E-state index in [4.69, 9.17) is 19.2 Å².